The van der Waals surface area contributed by atoms with Gasteiger partial charge < -0.3 is 14.0 Å². The summed E-state index contributed by atoms with van der Waals surface area (Å²) in [6, 6.07) is 0. The lowest BCUT2D eigenvalue weighted by molar-refractivity contribution is -0.362. The summed E-state index contributed by atoms with van der Waals surface area (Å²) in [7, 11) is -6.14. The third-order valence-corrected chi connectivity index (χ3v) is 3.39. The van der Waals surface area contributed by atoms with Crippen molar-refractivity contribution in [3.05, 3.63) is 12.7 Å². The number of esters is 2. The van der Waals surface area contributed by atoms with Gasteiger partial charge >= 0.3 is 29.9 Å². The molecule has 1 atom stereocenters. The number of alkyl halides is 6. The van der Waals surface area contributed by atoms with Crippen molar-refractivity contribution in [1.82, 2.24) is 0 Å². The first-order valence-electron chi connectivity index (χ1n) is 6.13. The summed E-state index contributed by atoms with van der Waals surface area (Å²) < 4.78 is 117. The molecular formula is C11H11F6O7S-. The lowest BCUT2D eigenvalue weighted by atomic mass is 10.1. The zero-order valence-electron chi connectivity index (χ0n) is 12.3. The second-order valence-corrected chi connectivity index (χ2v) is 5.89. The van der Waals surface area contributed by atoms with Crippen molar-refractivity contribution in [2.45, 2.75) is 37.4 Å². The lowest BCUT2D eigenvalue weighted by Crippen LogP contribution is -2.64. The first-order chi connectivity index (χ1) is 11.0. The van der Waals surface area contributed by atoms with E-state index in [-0.39, 0.29) is 0 Å². The van der Waals surface area contributed by atoms with Gasteiger partial charge in [-0.3, -0.25) is 0 Å². The molecule has 7 nitrogen and oxygen atoms in total. The number of halogens is 6. The Balaban J connectivity index is 6.04. The largest absolute Gasteiger partial charge is 0.748 e. The summed E-state index contributed by atoms with van der Waals surface area (Å²) in [6.07, 6.45) is -15.4. The van der Waals surface area contributed by atoms with Crippen molar-refractivity contribution >= 4 is 22.1 Å². The van der Waals surface area contributed by atoms with Crippen LogP contribution in [0.5, 0.6) is 0 Å². The van der Waals surface area contributed by atoms with E-state index in [2.05, 4.69) is 16.1 Å². The Bertz CT molecular complexity index is 608. The van der Waals surface area contributed by atoms with Crippen molar-refractivity contribution in [3.8, 4) is 0 Å². The monoisotopic (exact) mass is 401 g/mol. The summed E-state index contributed by atoms with van der Waals surface area (Å²) in [4.78, 5) is 22.5. The fourth-order valence-corrected chi connectivity index (χ4v) is 2.33. The van der Waals surface area contributed by atoms with Gasteiger partial charge in [0.2, 0.25) is 0 Å². The molecule has 146 valence electrons. The van der Waals surface area contributed by atoms with Crippen LogP contribution in [-0.2, 0) is 29.2 Å². The molecule has 0 fully saturated rings. The maximum Gasteiger partial charge on any atom is 0.438 e. The van der Waals surface area contributed by atoms with Gasteiger partial charge in [-0.2, -0.15) is 26.3 Å². The molecule has 0 aliphatic heterocycles. The molecule has 0 aromatic carbocycles. The van der Waals surface area contributed by atoms with Crippen LogP contribution in [0, 0.1) is 0 Å². The molecule has 0 heterocycles. The van der Waals surface area contributed by atoms with Gasteiger partial charge in [0.1, 0.15) is 0 Å². The molecule has 0 aromatic heterocycles. The topological polar surface area (TPSA) is 110 Å². The first kappa shape index (κ1) is 23.2. The van der Waals surface area contributed by atoms with Crippen molar-refractivity contribution in [2.75, 3.05) is 5.75 Å². The summed E-state index contributed by atoms with van der Waals surface area (Å²) in [6.45, 7) is 3.95. The van der Waals surface area contributed by atoms with Crippen LogP contribution in [0.4, 0.5) is 26.3 Å². The van der Waals surface area contributed by atoms with Gasteiger partial charge in [0.25, 0.3) is 0 Å². The van der Waals surface area contributed by atoms with Crippen molar-refractivity contribution in [1.29, 1.82) is 0 Å². The zero-order valence-corrected chi connectivity index (χ0v) is 13.1. The average Bonchev–Trinajstić information content (AvgIpc) is 2.39. The smallest absolute Gasteiger partial charge is 0.438 e. The fraction of sp³-hybridized carbons (Fsp3) is 0.636. The van der Waals surface area contributed by atoms with E-state index in [4.69, 9.17) is 0 Å². The van der Waals surface area contributed by atoms with Crippen LogP contribution < -0.4 is 0 Å². The second kappa shape index (κ2) is 7.59. The van der Waals surface area contributed by atoms with Gasteiger partial charge in [0.15, 0.2) is 6.10 Å². The first-order valence-corrected chi connectivity index (χ1v) is 7.71. The molecule has 0 aliphatic rings. The number of ether oxygens (including phenoxy) is 2. The van der Waals surface area contributed by atoms with E-state index < -0.39 is 58.3 Å². The highest BCUT2D eigenvalue weighted by Gasteiger charge is 2.75. The number of carbonyl (C=O) groups excluding carboxylic acids is 2. The van der Waals surface area contributed by atoms with E-state index in [1.54, 1.807) is 0 Å². The van der Waals surface area contributed by atoms with Gasteiger partial charge in [-0.25, -0.2) is 18.0 Å². The number of carbonyl (C=O) groups is 2. The van der Waals surface area contributed by atoms with Crippen LogP contribution >= 0.6 is 0 Å². The molecule has 0 rings (SSSR count). The van der Waals surface area contributed by atoms with E-state index in [9.17, 15) is 48.9 Å². The quantitative estimate of drug-likeness (QED) is 0.275. The standard InChI is InChI=1S/C11H12F6O7S/c1-3-6(23-7(18)4-2)8(19)24-9(10(12,13)14,11(15,16)17)5-25(20,21)22/h4,6H,2-3,5H2,1H3,(H,20,21,22)/p-1. The number of rotatable bonds is 7. The molecule has 0 saturated carbocycles. The van der Waals surface area contributed by atoms with E-state index in [0.717, 1.165) is 6.92 Å². The molecule has 1 unspecified atom stereocenters. The van der Waals surface area contributed by atoms with Crippen LogP contribution in [0.15, 0.2) is 12.7 Å². The molecule has 25 heavy (non-hydrogen) atoms. The average molecular weight is 401 g/mol. The highest BCUT2D eigenvalue weighted by atomic mass is 32.2. The molecule has 0 bridgehead atoms. The van der Waals surface area contributed by atoms with Crippen molar-refractivity contribution in [2.24, 2.45) is 0 Å². The number of hydrogen-bond donors (Lipinski definition) is 0. The van der Waals surface area contributed by atoms with Gasteiger partial charge in [-0.1, -0.05) is 13.5 Å². The Morgan fingerprint density at radius 1 is 1.16 bits per heavy atom. The zero-order chi connectivity index (χ0) is 20.3. The SMILES string of the molecule is C=CC(=O)OC(CC)C(=O)OC(CS(=O)(=O)[O-])(C(F)(F)F)C(F)(F)F. The van der Waals surface area contributed by atoms with Crippen molar-refractivity contribution < 1.29 is 58.4 Å². The maximum absolute atomic E-state index is 12.9. The van der Waals surface area contributed by atoms with Gasteiger partial charge in [-0.15, -0.1) is 0 Å². The summed E-state index contributed by atoms with van der Waals surface area (Å²) in [5.41, 5.74) is -5.62. The van der Waals surface area contributed by atoms with Crippen LogP contribution in [0.1, 0.15) is 13.3 Å². The normalized spacial score (nSPS) is 14.6. The Morgan fingerprint density at radius 3 is 1.88 bits per heavy atom. The fourth-order valence-electron chi connectivity index (χ4n) is 1.44. The van der Waals surface area contributed by atoms with E-state index in [1.807, 2.05) is 0 Å². The molecule has 0 N–H and O–H groups in total. The molecule has 0 spiro atoms. The summed E-state index contributed by atoms with van der Waals surface area (Å²) in [5, 5.41) is 0. The predicted octanol–water partition coefficient (Wildman–Crippen LogP) is 1.45. The minimum Gasteiger partial charge on any atom is -0.748 e. The third-order valence-electron chi connectivity index (χ3n) is 2.63. The van der Waals surface area contributed by atoms with E-state index in [1.165, 1.54) is 0 Å². The summed E-state index contributed by atoms with van der Waals surface area (Å²) >= 11 is 0. The minimum absolute atomic E-state index is 0.471. The Hall–Kier alpha value is -1.83. The van der Waals surface area contributed by atoms with Crippen LogP contribution in [0.25, 0.3) is 0 Å². The molecule has 0 aromatic rings. The van der Waals surface area contributed by atoms with E-state index in [0.29, 0.717) is 6.08 Å². The molecular weight excluding hydrogens is 390 g/mol. The second-order valence-electron chi connectivity index (χ2n) is 4.48. The van der Waals surface area contributed by atoms with E-state index >= 15 is 0 Å². The molecule has 14 heteroatoms. The Morgan fingerprint density at radius 2 is 1.60 bits per heavy atom. The molecule has 0 amide bonds. The number of hydrogen-bond acceptors (Lipinski definition) is 7. The highest BCUT2D eigenvalue weighted by Crippen LogP contribution is 2.47. The van der Waals surface area contributed by atoms with Gasteiger partial charge in [0.05, 0.1) is 15.9 Å². The van der Waals surface area contributed by atoms with Crippen molar-refractivity contribution in [3.63, 3.8) is 0 Å². The van der Waals surface area contributed by atoms with Crippen LogP contribution in [0.3, 0.4) is 0 Å². The Labute approximate surface area is 137 Å². The third kappa shape index (κ3) is 5.88. The maximum atomic E-state index is 12.9. The molecule has 0 radical (unpaired) electrons. The molecule has 0 saturated heterocycles. The minimum atomic E-state index is -6.50. The predicted molar refractivity (Wildman–Crippen MR) is 65.9 cm³/mol. The van der Waals surface area contributed by atoms with Crippen LogP contribution in [0.2, 0.25) is 0 Å². The van der Waals surface area contributed by atoms with Gasteiger partial charge in [0, 0.05) is 6.08 Å². The van der Waals surface area contributed by atoms with Crippen LogP contribution in [-0.4, -0.2) is 54.7 Å². The Kier molecular flexibility index (Phi) is 7.04. The molecule has 0 aliphatic carbocycles. The van der Waals surface area contributed by atoms with Gasteiger partial charge in [-0.05, 0) is 6.42 Å². The highest BCUT2D eigenvalue weighted by molar-refractivity contribution is 7.85. The lowest BCUT2D eigenvalue weighted by Gasteiger charge is -2.37. The summed E-state index contributed by atoms with van der Waals surface area (Å²) in [5.74, 6) is -6.83.